The van der Waals surface area contributed by atoms with Gasteiger partial charge in [-0.05, 0) is 30.8 Å². The van der Waals surface area contributed by atoms with Crippen LogP contribution in [0, 0.1) is 5.82 Å². The van der Waals surface area contributed by atoms with Crippen molar-refractivity contribution in [3.63, 3.8) is 0 Å². The minimum absolute atomic E-state index is 0.0165. The SMILES string of the molecule is COc1ccc2c3c([nH]c2c1)[C@@H](CO)N(Cc1ccccc1F)CC31CN(C)C1. The molecule has 152 valence electrons. The second kappa shape index (κ2) is 6.83. The molecule has 5 rings (SSSR count). The molecular formula is C23H26FN3O2. The molecule has 3 heterocycles. The minimum Gasteiger partial charge on any atom is -0.497 e. The molecule has 1 fully saturated rings. The maximum absolute atomic E-state index is 14.4. The smallest absolute Gasteiger partial charge is 0.127 e. The number of aliphatic hydroxyl groups excluding tert-OH is 1. The Labute approximate surface area is 169 Å². The Morgan fingerprint density at radius 1 is 1.21 bits per heavy atom. The lowest BCUT2D eigenvalue weighted by Crippen LogP contribution is -2.65. The number of nitrogens with zero attached hydrogens (tertiary/aromatic N) is 2. The van der Waals surface area contributed by atoms with E-state index in [1.54, 1.807) is 13.2 Å². The minimum atomic E-state index is -0.198. The average Bonchev–Trinajstić information content (AvgIpc) is 3.07. The van der Waals surface area contributed by atoms with E-state index in [9.17, 15) is 9.50 Å². The van der Waals surface area contributed by atoms with Gasteiger partial charge in [-0.1, -0.05) is 18.2 Å². The van der Waals surface area contributed by atoms with Gasteiger partial charge in [0.1, 0.15) is 11.6 Å². The van der Waals surface area contributed by atoms with Crippen LogP contribution in [0.2, 0.25) is 0 Å². The van der Waals surface area contributed by atoms with Gasteiger partial charge in [0.25, 0.3) is 0 Å². The van der Waals surface area contributed by atoms with Crippen LogP contribution in [0.15, 0.2) is 42.5 Å². The predicted molar refractivity (Wildman–Crippen MR) is 111 cm³/mol. The van der Waals surface area contributed by atoms with Crippen molar-refractivity contribution in [2.24, 2.45) is 0 Å². The van der Waals surface area contributed by atoms with E-state index in [2.05, 4.69) is 27.9 Å². The summed E-state index contributed by atoms with van der Waals surface area (Å²) >= 11 is 0. The molecule has 5 nitrogen and oxygen atoms in total. The van der Waals surface area contributed by atoms with Gasteiger partial charge in [-0.2, -0.15) is 0 Å². The molecule has 1 saturated heterocycles. The monoisotopic (exact) mass is 395 g/mol. The molecule has 0 aliphatic carbocycles. The van der Waals surface area contributed by atoms with Gasteiger partial charge in [0.05, 0.1) is 19.8 Å². The Hall–Kier alpha value is -2.41. The number of aromatic nitrogens is 1. The summed E-state index contributed by atoms with van der Waals surface area (Å²) in [5, 5.41) is 11.5. The number of hydrogen-bond donors (Lipinski definition) is 2. The van der Waals surface area contributed by atoms with Crippen molar-refractivity contribution in [2.75, 3.05) is 40.4 Å². The second-order valence-corrected chi connectivity index (χ2v) is 8.47. The number of H-pyrrole nitrogens is 1. The summed E-state index contributed by atoms with van der Waals surface area (Å²) in [4.78, 5) is 8.10. The molecule has 0 amide bonds. The number of aromatic amines is 1. The van der Waals surface area contributed by atoms with Crippen molar-refractivity contribution < 1.29 is 14.2 Å². The summed E-state index contributed by atoms with van der Waals surface area (Å²) in [7, 11) is 3.79. The molecule has 2 aromatic carbocycles. The van der Waals surface area contributed by atoms with E-state index in [0.29, 0.717) is 12.1 Å². The van der Waals surface area contributed by atoms with Crippen LogP contribution in [0.25, 0.3) is 10.9 Å². The number of halogens is 1. The van der Waals surface area contributed by atoms with E-state index in [1.807, 2.05) is 24.3 Å². The zero-order valence-electron chi connectivity index (χ0n) is 16.8. The van der Waals surface area contributed by atoms with Crippen LogP contribution in [-0.2, 0) is 12.0 Å². The first-order valence-electron chi connectivity index (χ1n) is 10.0. The zero-order valence-corrected chi connectivity index (χ0v) is 16.8. The fraction of sp³-hybridized carbons (Fsp3) is 0.391. The highest BCUT2D eigenvalue weighted by Crippen LogP contribution is 2.48. The lowest BCUT2D eigenvalue weighted by molar-refractivity contribution is 0.00378. The molecular weight excluding hydrogens is 369 g/mol. The van der Waals surface area contributed by atoms with E-state index in [-0.39, 0.29) is 23.9 Å². The Bertz CT molecular complexity index is 1060. The molecule has 2 N–H and O–H groups in total. The Morgan fingerprint density at radius 3 is 2.69 bits per heavy atom. The van der Waals surface area contributed by atoms with E-state index in [1.165, 1.54) is 17.0 Å². The standard InChI is InChI=1S/C23H26FN3O2/c1-26-12-23(13-26)14-27(10-15-5-3-4-6-18(15)24)20(11-28)22-21(23)17-8-7-16(29-2)9-19(17)25-22/h3-9,20,25,28H,10-14H2,1-2H3/t20-/m1/s1. The number of rotatable bonds is 4. The summed E-state index contributed by atoms with van der Waals surface area (Å²) in [6, 6.07) is 12.8. The fourth-order valence-corrected chi connectivity index (χ4v) is 5.37. The fourth-order valence-electron chi connectivity index (χ4n) is 5.37. The van der Waals surface area contributed by atoms with Gasteiger partial charge in [-0.25, -0.2) is 4.39 Å². The van der Waals surface area contributed by atoms with Crippen LogP contribution < -0.4 is 4.74 Å². The van der Waals surface area contributed by atoms with Crippen LogP contribution in [0.4, 0.5) is 4.39 Å². The van der Waals surface area contributed by atoms with Gasteiger partial charge >= 0.3 is 0 Å². The lowest BCUT2D eigenvalue weighted by Gasteiger charge is -2.55. The number of ether oxygens (including phenoxy) is 1. The predicted octanol–water partition coefficient (Wildman–Crippen LogP) is 3.05. The number of likely N-dealkylation sites (tertiary alicyclic amines) is 1. The quantitative estimate of drug-likeness (QED) is 0.713. The topological polar surface area (TPSA) is 51.7 Å². The summed E-state index contributed by atoms with van der Waals surface area (Å²) < 4.78 is 19.8. The molecule has 0 bridgehead atoms. The molecule has 3 aromatic rings. The van der Waals surface area contributed by atoms with Crippen LogP contribution in [0.3, 0.4) is 0 Å². The van der Waals surface area contributed by atoms with Crippen molar-refractivity contribution in [3.05, 3.63) is 65.1 Å². The zero-order chi connectivity index (χ0) is 20.2. The highest BCUT2D eigenvalue weighted by atomic mass is 19.1. The molecule has 1 spiro atoms. The number of benzene rings is 2. The van der Waals surface area contributed by atoms with Gasteiger partial charge in [-0.3, -0.25) is 4.90 Å². The Balaban J connectivity index is 1.63. The van der Waals surface area contributed by atoms with Crippen molar-refractivity contribution in [1.82, 2.24) is 14.8 Å². The van der Waals surface area contributed by atoms with Crippen LogP contribution >= 0.6 is 0 Å². The highest BCUT2D eigenvalue weighted by molar-refractivity contribution is 5.88. The molecule has 1 aromatic heterocycles. The van der Waals surface area contributed by atoms with Gasteiger partial charge in [-0.15, -0.1) is 0 Å². The summed E-state index contributed by atoms with van der Waals surface area (Å²) in [5.41, 5.74) is 4.02. The normalized spacial score (nSPS) is 21.3. The Kier molecular flexibility index (Phi) is 4.38. The van der Waals surface area contributed by atoms with Crippen molar-refractivity contribution in [2.45, 2.75) is 18.0 Å². The first-order valence-corrected chi connectivity index (χ1v) is 10.0. The highest BCUT2D eigenvalue weighted by Gasteiger charge is 2.51. The van der Waals surface area contributed by atoms with Gasteiger partial charge < -0.3 is 19.7 Å². The molecule has 1 atom stereocenters. The number of aliphatic hydroxyl groups is 1. The third kappa shape index (κ3) is 2.86. The maximum Gasteiger partial charge on any atom is 0.127 e. The molecule has 0 unspecified atom stereocenters. The number of likely N-dealkylation sites (N-methyl/N-ethyl adjacent to an activating group) is 1. The Morgan fingerprint density at radius 2 is 2.00 bits per heavy atom. The second-order valence-electron chi connectivity index (χ2n) is 8.47. The van der Waals surface area contributed by atoms with Gasteiger partial charge in [0, 0.05) is 59.8 Å². The average molecular weight is 395 g/mol. The molecule has 6 heteroatoms. The molecule has 2 aliphatic heterocycles. The molecule has 0 radical (unpaired) electrons. The lowest BCUT2D eigenvalue weighted by atomic mass is 9.69. The number of nitrogens with one attached hydrogen (secondary N) is 1. The van der Waals surface area contributed by atoms with Crippen LogP contribution in [0.1, 0.15) is 22.9 Å². The molecule has 0 saturated carbocycles. The third-order valence-corrected chi connectivity index (χ3v) is 6.49. The summed E-state index contributed by atoms with van der Waals surface area (Å²) in [6.45, 7) is 3.15. The van der Waals surface area contributed by atoms with Crippen molar-refractivity contribution in [3.8, 4) is 5.75 Å². The summed E-state index contributed by atoms with van der Waals surface area (Å²) in [6.07, 6.45) is 0. The molecule has 29 heavy (non-hydrogen) atoms. The number of hydrogen-bond acceptors (Lipinski definition) is 4. The van der Waals surface area contributed by atoms with E-state index in [4.69, 9.17) is 4.74 Å². The van der Waals surface area contributed by atoms with Crippen molar-refractivity contribution >= 4 is 10.9 Å². The largest absolute Gasteiger partial charge is 0.497 e. The first kappa shape index (κ1) is 18.6. The van der Waals surface area contributed by atoms with Gasteiger partial charge in [0.2, 0.25) is 0 Å². The van der Waals surface area contributed by atoms with Gasteiger partial charge in [0.15, 0.2) is 0 Å². The van der Waals surface area contributed by atoms with Crippen molar-refractivity contribution in [1.29, 1.82) is 0 Å². The maximum atomic E-state index is 14.4. The number of fused-ring (bicyclic) bond motifs is 4. The summed E-state index contributed by atoms with van der Waals surface area (Å²) in [5.74, 6) is 0.607. The molecule has 2 aliphatic rings. The van der Waals surface area contributed by atoms with Crippen LogP contribution in [-0.4, -0.2) is 60.3 Å². The van der Waals surface area contributed by atoms with E-state index in [0.717, 1.165) is 36.6 Å². The number of methoxy groups -OCH3 is 1. The van der Waals surface area contributed by atoms with Crippen LogP contribution in [0.5, 0.6) is 5.75 Å². The van der Waals surface area contributed by atoms with E-state index >= 15 is 0 Å². The first-order chi connectivity index (χ1) is 14.0. The third-order valence-electron chi connectivity index (χ3n) is 6.49. The van der Waals surface area contributed by atoms with E-state index < -0.39 is 0 Å².